The van der Waals surface area contributed by atoms with E-state index in [1.807, 2.05) is 18.2 Å². The summed E-state index contributed by atoms with van der Waals surface area (Å²) >= 11 is 1.66. The molecule has 2 aromatic rings. The lowest BCUT2D eigenvalue weighted by Gasteiger charge is -2.42. The number of rotatable bonds is 2. The fourth-order valence-electron chi connectivity index (χ4n) is 3.85. The third kappa shape index (κ3) is 3.13. The Kier molecular flexibility index (Phi) is 4.41. The average Bonchev–Trinajstić information content (AvgIpc) is 3.00. The predicted molar refractivity (Wildman–Crippen MR) is 101 cm³/mol. The highest BCUT2D eigenvalue weighted by Gasteiger charge is 2.32. The van der Waals surface area contributed by atoms with Gasteiger partial charge in [-0.15, -0.1) is 0 Å². The Morgan fingerprint density at radius 1 is 1.25 bits per heavy atom. The quantitative estimate of drug-likeness (QED) is 0.873. The zero-order valence-corrected chi connectivity index (χ0v) is 15.1. The number of para-hydroxylation sites is 1. The monoisotopic (exact) mass is 343 g/mol. The van der Waals surface area contributed by atoms with Crippen LogP contribution in [0, 0.1) is 11.8 Å². The van der Waals surface area contributed by atoms with Crippen LogP contribution in [-0.4, -0.2) is 35.2 Å². The number of thiazole rings is 1. The van der Waals surface area contributed by atoms with Crippen molar-refractivity contribution in [1.82, 2.24) is 15.2 Å². The average molecular weight is 344 g/mol. The van der Waals surface area contributed by atoms with Gasteiger partial charge in [-0.2, -0.15) is 0 Å². The zero-order chi connectivity index (χ0) is 16.5. The number of anilines is 1. The fourth-order valence-corrected chi connectivity index (χ4v) is 4.71. The van der Waals surface area contributed by atoms with Gasteiger partial charge in [-0.25, -0.2) is 9.98 Å². The van der Waals surface area contributed by atoms with Crippen molar-refractivity contribution in [2.75, 3.05) is 18.7 Å². The van der Waals surface area contributed by atoms with Gasteiger partial charge in [0.1, 0.15) is 0 Å². The second-order valence-corrected chi connectivity index (χ2v) is 8.05. The van der Waals surface area contributed by atoms with Crippen LogP contribution in [0.3, 0.4) is 0 Å². The molecule has 128 valence electrons. The van der Waals surface area contributed by atoms with Gasteiger partial charge < -0.3 is 10.6 Å². The maximum atomic E-state index is 4.70. The van der Waals surface area contributed by atoms with Gasteiger partial charge in [0.15, 0.2) is 11.1 Å². The molecule has 0 radical (unpaired) electrons. The molecule has 1 saturated carbocycles. The first-order chi connectivity index (χ1) is 11.7. The number of benzene rings is 1. The summed E-state index contributed by atoms with van der Waals surface area (Å²) in [4.78, 5) is 11.8. The molecule has 5 nitrogen and oxygen atoms in total. The summed E-state index contributed by atoms with van der Waals surface area (Å²) < 4.78 is 1.20. The summed E-state index contributed by atoms with van der Waals surface area (Å²) in [5.74, 6) is 2.39. The van der Waals surface area contributed by atoms with Gasteiger partial charge in [0.25, 0.3) is 0 Å². The molecule has 0 spiro atoms. The summed E-state index contributed by atoms with van der Waals surface area (Å²) in [7, 11) is 0. The third-order valence-electron chi connectivity index (χ3n) is 5.51. The van der Waals surface area contributed by atoms with E-state index in [4.69, 9.17) is 4.99 Å². The summed E-state index contributed by atoms with van der Waals surface area (Å²) in [6.45, 7) is 6.41. The molecule has 3 atom stereocenters. The highest BCUT2D eigenvalue weighted by molar-refractivity contribution is 7.22. The second kappa shape index (κ2) is 6.69. The minimum absolute atomic E-state index is 0.647. The van der Waals surface area contributed by atoms with Crippen molar-refractivity contribution in [3.8, 4) is 0 Å². The van der Waals surface area contributed by atoms with Crippen LogP contribution in [0.15, 0.2) is 29.3 Å². The molecule has 0 bridgehead atoms. The van der Waals surface area contributed by atoms with Crippen molar-refractivity contribution < 1.29 is 0 Å². The van der Waals surface area contributed by atoms with E-state index in [0.717, 1.165) is 41.8 Å². The lowest BCUT2D eigenvalue weighted by molar-refractivity contribution is 0.0771. The molecule has 1 fully saturated rings. The Hall–Kier alpha value is -1.66. The van der Waals surface area contributed by atoms with Crippen LogP contribution >= 0.6 is 11.3 Å². The molecule has 1 aliphatic heterocycles. The van der Waals surface area contributed by atoms with Gasteiger partial charge in [0.05, 0.1) is 23.6 Å². The molecule has 1 aromatic heterocycles. The molecule has 2 N–H and O–H groups in total. The minimum Gasteiger partial charge on any atom is -0.343 e. The van der Waals surface area contributed by atoms with Crippen LogP contribution in [0.4, 0.5) is 5.13 Å². The smallest absolute Gasteiger partial charge is 0.199 e. The molecule has 24 heavy (non-hydrogen) atoms. The van der Waals surface area contributed by atoms with Gasteiger partial charge in [0.2, 0.25) is 0 Å². The number of aliphatic imine (C=N–C) groups is 1. The van der Waals surface area contributed by atoms with Crippen LogP contribution in [0.2, 0.25) is 0 Å². The van der Waals surface area contributed by atoms with Crippen LogP contribution in [0.1, 0.15) is 33.1 Å². The van der Waals surface area contributed by atoms with Gasteiger partial charge in [-0.05, 0) is 30.4 Å². The molecule has 6 heteroatoms. The zero-order valence-electron chi connectivity index (χ0n) is 14.3. The minimum atomic E-state index is 0.647. The van der Waals surface area contributed by atoms with E-state index in [1.54, 1.807) is 11.3 Å². The van der Waals surface area contributed by atoms with E-state index in [1.165, 1.54) is 24.0 Å². The van der Waals surface area contributed by atoms with E-state index in [-0.39, 0.29) is 0 Å². The van der Waals surface area contributed by atoms with E-state index >= 15 is 0 Å². The van der Waals surface area contributed by atoms with E-state index in [9.17, 15) is 0 Å². The van der Waals surface area contributed by atoms with Crippen LogP contribution < -0.4 is 10.6 Å². The summed E-state index contributed by atoms with van der Waals surface area (Å²) in [5.41, 5.74) is 1.04. The Labute approximate surface area is 147 Å². The second-order valence-electron chi connectivity index (χ2n) is 7.02. The van der Waals surface area contributed by atoms with Crippen molar-refractivity contribution in [3.63, 3.8) is 0 Å². The molecule has 2 heterocycles. The number of nitrogens with one attached hydrogen (secondary N) is 2. The van der Waals surface area contributed by atoms with Crippen LogP contribution in [0.5, 0.6) is 0 Å². The first-order valence-corrected chi connectivity index (χ1v) is 9.67. The molecule has 0 amide bonds. The van der Waals surface area contributed by atoms with Gasteiger partial charge in [-0.1, -0.05) is 50.2 Å². The Balaban J connectivity index is 1.41. The summed E-state index contributed by atoms with van der Waals surface area (Å²) in [6, 6.07) is 8.86. The molecule has 0 saturated heterocycles. The molecule has 0 unspecified atom stereocenters. The predicted octanol–water partition coefficient (Wildman–Crippen LogP) is 3.71. The number of guanidine groups is 1. The van der Waals surface area contributed by atoms with E-state index in [2.05, 4.69) is 40.4 Å². The summed E-state index contributed by atoms with van der Waals surface area (Å²) in [5, 5.41) is 7.66. The van der Waals surface area contributed by atoms with Crippen molar-refractivity contribution in [3.05, 3.63) is 24.3 Å². The maximum absolute atomic E-state index is 4.70. The number of fused-ring (bicyclic) bond motifs is 1. The number of hydrogen-bond acceptors (Lipinski definition) is 6. The van der Waals surface area contributed by atoms with Crippen molar-refractivity contribution in [2.24, 2.45) is 16.8 Å². The number of nitrogens with zero attached hydrogens (tertiary/aromatic N) is 3. The van der Waals surface area contributed by atoms with Crippen LogP contribution in [-0.2, 0) is 0 Å². The van der Waals surface area contributed by atoms with Crippen molar-refractivity contribution in [2.45, 2.75) is 39.2 Å². The van der Waals surface area contributed by atoms with Crippen LogP contribution in [0.25, 0.3) is 10.2 Å². The molecule has 2 aliphatic rings. The standard InChI is InChI=1S/C18H25N5S/c1-12-6-5-8-15(13(12)2)23-10-19-17(20-11-23)22-18-21-14-7-3-4-9-16(14)24-18/h3-4,7,9,12-13,15H,5-6,8,10-11H2,1-2H3,(H2,19,20,21,22)/t12-,13-,15+/m1/s1. The normalized spacial score (nSPS) is 28.4. The number of hydrogen-bond donors (Lipinski definition) is 2. The molecule has 1 aliphatic carbocycles. The molecule has 4 rings (SSSR count). The topological polar surface area (TPSA) is 52.5 Å². The highest BCUT2D eigenvalue weighted by Crippen LogP contribution is 2.33. The first kappa shape index (κ1) is 15.8. The van der Waals surface area contributed by atoms with Crippen molar-refractivity contribution >= 4 is 32.6 Å². The van der Waals surface area contributed by atoms with E-state index < -0.39 is 0 Å². The molecule has 1 aromatic carbocycles. The van der Waals surface area contributed by atoms with Gasteiger partial charge >= 0.3 is 0 Å². The fraction of sp³-hybridized carbons (Fsp3) is 0.556. The molecular formula is C18H25N5S. The summed E-state index contributed by atoms with van der Waals surface area (Å²) in [6.07, 6.45) is 4.00. The SMILES string of the molecule is C[C@@H]1[C@H](C)CCC[C@@H]1N1CN=C(Nc2nc3ccccc3s2)NC1. The van der Waals surface area contributed by atoms with Gasteiger partial charge in [-0.3, -0.25) is 4.90 Å². The van der Waals surface area contributed by atoms with E-state index in [0.29, 0.717) is 6.04 Å². The Bertz CT molecular complexity index is 707. The molecular weight excluding hydrogens is 318 g/mol. The highest BCUT2D eigenvalue weighted by atomic mass is 32.1. The van der Waals surface area contributed by atoms with Crippen molar-refractivity contribution in [1.29, 1.82) is 0 Å². The number of aromatic nitrogens is 1. The largest absolute Gasteiger partial charge is 0.343 e. The lowest BCUT2D eigenvalue weighted by atomic mass is 9.77. The van der Waals surface area contributed by atoms with Gasteiger partial charge in [0, 0.05) is 6.04 Å². The third-order valence-corrected chi connectivity index (χ3v) is 6.46. The Morgan fingerprint density at radius 2 is 2.12 bits per heavy atom. The first-order valence-electron chi connectivity index (χ1n) is 8.85. The lowest BCUT2D eigenvalue weighted by Crippen LogP contribution is -2.53. The maximum Gasteiger partial charge on any atom is 0.199 e. The Morgan fingerprint density at radius 3 is 2.92 bits per heavy atom.